The lowest BCUT2D eigenvalue weighted by atomic mass is 10.1. The summed E-state index contributed by atoms with van der Waals surface area (Å²) in [5.41, 5.74) is 3.00. The highest BCUT2D eigenvalue weighted by atomic mass is 79.9. The lowest BCUT2D eigenvalue weighted by Gasteiger charge is -2.09. The smallest absolute Gasteiger partial charge is 0.259 e. The van der Waals surface area contributed by atoms with Gasteiger partial charge in [-0.3, -0.25) is 4.79 Å². The molecular weight excluding hydrogens is 394 g/mol. The van der Waals surface area contributed by atoms with Gasteiger partial charge in [0.15, 0.2) is 0 Å². The lowest BCUT2D eigenvalue weighted by molar-refractivity contribution is 0.102. The van der Waals surface area contributed by atoms with Gasteiger partial charge in [-0.25, -0.2) is 4.98 Å². The third kappa shape index (κ3) is 2.80. The molecule has 2 aromatic heterocycles. The van der Waals surface area contributed by atoms with Gasteiger partial charge in [0.1, 0.15) is 0 Å². The van der Waals surface area contributed by atoms with Crippen LogP contribution in [0.1, 0.15) is 40.5 Å². The number of hydrogen-bond acceptors (Lipinski definition) is 4. The molecular formula is C17H13BrClN3O2. The number of nitrogens with zero attached hydrogens (tertiary/aromatic N) is 2. The zero-order chi connectivity index (χ0) is 16.8. The first-order valence-electron chi connectivity index (χ1n) is 7.56. The van der Waals surface area contributed by atoms with E-state index < -0.39 is 0 Å². The molecule has 122 valence electrons. The number of rotatable bonds is 3. The normalized spacial score (nSPS) is 14.1. The fourth-order valence-corrected chi connectivity index (χ4v) is 3.38. The second kappa shape index (κ2) is 5.86. The van der Waals surface area contributed by atoms with E-state index in [1.54, 1.807) is 19.1 Å². The Morgan fingerprint density at radius 1 is 1.38 bits per heavy atom. The first-order chi connectivity index (χ1) is 11.5. The van der Waals surface area contributed by atoms with Crippen molar-refractivity contribution in [3.8, 4) is 0 Å². The maximum absolute atomic E-state index is 12.8. The van der Waals surface area contributed by atoms with Crippen LogP contribution in [0.3, 0.4) is 0 Å². The van der Waals surface area contributed by atoms with Crippen LogP contribution in [-0.2, 0) is 0 Å². The minimum absolute atomic E-state index is 0.250. The van der Waals surface area contributed by atoms with E-state index in [0.717, 1.165) is 23.0 Å². The van der Waals surface area contributed by atoms with Gasteiger partial charge in [-0.2, -0.15) is 0 Å². The van der Waals surface area contributed by atoms with E-state index in [2.05, 4.69) is 31.4 Å². The molecule has 0 atom stereocenters. The number of hydrogen-bond donors (Lipinski definition) is 1. The Labute approximate surface area is 151 Å². The third-order valence-corrected chi connectivity index (χ3v) is 4.86. The Balaban J connectivity index is 1.76. The third-order valence-electron chi connectivity index (χ3n) is 4.06. The van der Waals surface area contributed by atoms with Crippen LogP contribution in [0.15, 0.2) is 33.3 Å². The van der Waals surface area contributed by atoms with Gasteiger partial charge in [0, 0.05) is 16.1 Å². The predicted octanol–water partition coefficient (Wildman–Crippen LogP) is 5.08. The number of fused-ring (bicyclic) bond motifs is 1. The number of carbonyl (C=O) groups is 1. The first-order valence-corrected chi connectivity index (χ1v) is 8.73. The molecule has 7 heteroatoms. The number of nitrogens with one attached hydrogen (secondary N) is 1. The number of benzene rings is 1. The number of amides is 1. The van der Waals surface area contributed by atoms with E-state index in [0.29, 0.717) is 39.0 Å². The molecule has 1 aliphatic rings. The summed E-state index contributed by atoms with van der Waals surface area (Å²) in [4.78, 5) is 17.3. The van der Waals surface area contributed by atoms with Gasteiger partial charge >= 0.3 is 0 Å². The van der Waals surface area contributed by atoms with Gasteiger partial charge in [0.2, 0.25) is 0 Å². The molecule has 2 heterocycles. The van der Waals surface area contributed by atoms with Crippen LogP contribution in [0.4, 0.5) is 5.69 Å². The molecule has 0 unspecified atom stereocenters. The molecule has 1 saturated carbocycles. The maximum atomic E-state index is 12.8. The molecule has 0 aliphatic heterocycles. The van der Waals surface area contributed by atoms with Crippen LogP contribution in [-0.4, -0.2) is 16.0 Å². The highest BCUT2D eigenvalue weighted by molar-refractivity contribution is 9.10. The Morgan fingerprint density at radius 2 is 2.17 bits per heavy atom. The summed E-state index contributed by atoms with van der Waals surface area (Å²) in [6.07, 6.45) is 2.18. The Bertz CT molecular complexity index is 966. The van der Waals surface area contributed by atoms with E-state index >= 15 is 0 Å². The topological polar surface area (TPSA) is 68.0 Å². The van der Waals surface area contributed by atoms with Crippen molar-refractivity contribution >= 4 is 50.2 Å². The van der Waals surface area contributed by atoms with Crippen LogP contribution >= 0.6 is 27.5 Å². The largest absolute Gasteiger partial charge is 0.336 e. The summed E-state index contributed by atoms with van der Waals surface area (Å²) in [5, 5.41) is 7.92. The Hall–Kier alpha value is -1.92. The molecule has 1 amide bonds. The van der Waals surface area contributed by atoms with E-state index in [-0.39, 0.29) is 5.91 Å². The molecule has 1 aromatic carbocycles. The van der Waals surface area contributed by atoms with Crippen molar-refractivity contribution in [3.63, 3.8) is 0 Å². The van der Waals surface area contributed by atoms with Crippen molar-refractivity contribution in [2.45, 2.75) is 25.7 Å². The van der Waals surface area contributed by atoms with Gasteiger partial charge in [0.25, 0.3) is 11.6 Å². The molecule has 0 saturated heterocycles. The van der Waals surface area contributed by atoms with Gasteiger partial charge in [0.05, 0.1) is 27.4 Å². The van der Waals surface area contributed by atoms with Crippen molar-refractivity contribution in [1.29, 1.82) is 0 Å². The van der Waals surface area contributed by atoms with E-state index in [9.17, 15) is 4.79 Å². The summed E-state index contributed by atoms with van der Waals surface area (Å²) in [6.45, 7) is 1.80. The van der Waals surface area contributed by atoms with Crippen LogP contribution in [0, 0.1) is 6.92 Å². The number of anilines is 1. The molecule has 4 rings (SSSR count). The van der Waals surface area contributed by atoms with Crippen molar-refractivity contribution in [1.82, 2.24) is 10.1 Å². The van der Waals surface area contributed by atoms with Crippen LogP contribution < -0.4 is 5.32 Å². The molecule has 1 N–H and O–H groups in total. The van der Waals surface area contributed by atoms with Crippen molar-refractivity contribution in [2.75, 3.05) is 5.32 Å². The van der Waals surface area contributed by atoms with E-state index in [1.807, 2.05) is 12.1 Å². The molecule has 24 heavy (non-hydrogen) atoms. The second-order valence-corrected chi connectivity index (χ2v) is 7.22. The molecule has 3 aromatic rings. The fraction of sp³-hybridized carbons (Fsp3) is 0.235. The van der Waals surface area contributed by atoms with E-state index in [4.69, 9.17) is 16.1 Å². The lowest BCUT2D eigenvalue weighted by Crippen LogP contribution is -2.13. The second-order valence-electron chi connectivity index (χ2n) is 5.90. The van der Waals surface area contributed by atoms with Gasteiger partial charge in [-0.15, -0.1) is 0 Å². The van der Waals surface area contributed by atoms with Gasteiger partial charge < -0.3 is 9.84 Å². The van der Waals surface area contributed by atoms with Crippen molar-refractivity contribution in [3.05, 3.63) is 50.7 Å². The number of aromatic nitrogens is 2. The van der Waals surface area contributed by atoms with Crippen molar-refractivity contribution in [2.24, 2.45) is 0 Å². The highest BCUT2D eigenvalue weighted by Gasteiger charge is 2.28. The molecule has 0 bridgehead atoms. The molecule has 0 spiro atoms. The minimum atomic E-state index is -0.250. The minimum Gasteiger partial charge on any atom is -0.336 e. The fourth-order valence-electron chi connectivity index (χ4n) is 2.66. The number of carbonyl (C=O) groups excluding carboxylic acids is 1. The zero-order valence-corrected chi connectivity index (χ0v) is 15.1. The summed E-state index contributed by atoms with van der Waals surface area (Å²) in [6, 6.07) is 7.15. The number of aryl methyl sites for hydroxylation is 1. The summed E-state index contributed by atoms with van der Waals surface area (Å²) < 4.78 is 6.12. The summed E-state index contributed by atoms with van der Waals surface area (Å²) in [7, 11) is 0. The van der Waals surface area contributed by atoms with Crippen LogP contribution in [0.25, 0.3) is 11.1 Å². The van der Waals surface area contributed by atoms with Gasteiger partial charge in [-0.05, 0) is 44.0 Å². The molecule has 0 radical (unpaired) electrons. The molecule has 5 nitrogen and oxygen atoms in total. The van der Waals surface area contributed by atoms with Crippen molar-refractivity contribution < 1.29 is 9.32 Å². The standard InChI is InChI=1S/C17H13BrClN3O2/c1-8-15-11(7-14(9-2-3-9)21-17(15)24-22-8)16(23)20-13-5-4-10(18)6-12(13)19/h4-7,9H,2-3H2,1H3,(H,20,23). The monoisotopic (exact) mass is 405 g/mol. The average Bonchev–Trinajstić information content (AvgIpc) is 3.33. The van der Waals surface area contributed by atoms with Gasteiger partial charge in [-0.1, -0.05) is 32.7 Å². The predicted molar refractivity (Wildman–Crippen MR) is 95.6 cm³/mol. The first kappa shape index (κ1) is 15.6. The Kier molecular flexibility index (Phi) is 3.81. The summed E-state index contributed by atoms with van der Waals surface area (Å²) >= 11 is 9.54. The SMILES string of the molecule is Cc1noc2nc(C3CC3)cc(C(=O)Nc3ccc(Br)cc3Cl)c12. The Morgan fingerprint density at radius 3 is 2.88 bits per heavy atom. The molecule has 1 aliphatic carbocycles. The van der Waals surface area contributed by atoms with Crippen LogP contribution in [0.2, 0.25) is 5.02 Å². The van der Waals surface area contributed by atoms with E-state index in [1.165, 1.54) is 0 Å². The summed E-state index contributed by atoms with van der Waals surface area (Å²) in [5.74, 6) is 0.155. The average molecular weight is 407 g/mol. The number of halogens is 2. The zero-order valence-electron chi connectivity index (χ0n) is 12.8. The quantitative estimate of drug-likeness (QED) is 0.659. The molecule has 1 fully saturated rings. The highest BCUT2D eigenvalue weighted by Crippen LogP contribution is 2.40. The maximum Gasteiger partial charge on any atom is 0.259 e. The van der Waals surface area contributed by atoms with Crippen LogP contribution in [0.5, 0.6) is 0 Å². The number of pyridine rings is 1.